The van der Waals surface area contributed by atoms with Gasteiger partial charge in [-0.15, -0.1) is 0 Å². The summed E-state index contributed by atoms with van der Waals surface area (Å²) >= 11 is 0.725. The summed E-state index contributed by atoms with van der Waals surface area (Å²) in [7, 11) is 0. The van der Waals surface area contributed by atoms with E-state index in [1.54, 1.807) is 41.8 Å². The van der Waals surface area contributed by atoms with E-state index in [9.17, 15) is 23.2 Å². The quantitative estimate of drug-likeness (QED) is 0.534. The molecular formula is C24H19F2N3O3S. The summed E-state index contributed by atoms with van der Waals surface area (Å²) in [4.78, 5) is 38.5. The molecule has 2 aromatic carbocycles. The van der Waals surface area contributed by atoms with E-state index in [1.807, 2.05) is 6.92 Å². The minimum absolute atomic E-state index is 0.160. The molecule has 0 saturated carbocycles. The van der Waals surface area contributed by atoms with E-state index in [0.29, 0.717) is 16.9 Å². The first-order valence-corrected chi connectivity index (χ1v) is 10.8. The summed E-state index contributed by atoms with van der Waals surface area (Å²) in [6, 6.07) is 13.5. The highest BCUT2D eigenvalue weighted by Gasteiger charge is 2.36. The summed E-state index contributed by atoms with van der Waals surface area (Å²) in [6.45, 7) is 3.12. The molecule has 6 nitrogen and oxygen atoms in total. The lowest BCUT2D eigenvalue weighted by Gasteiger charge is -2.12. The van der Waals surface area contributed by atoms with Gasteiger partial charge in [0.2, 0.25) is 5.91 Å². The van der Waals surface area contributed by atoms with Crippen molar-refractivity contribution in [3.63, 3.8) is 0 Å². The fourth-order valence-electron chi connectivity index (χ4n) is 3.63. The molecule has 9 heteroatoms. The zero-order valence-corrected chi connectivity index (χ0v) is 18.6. The molecule has 0 bridgehead atoms. The fraction of sp³-hybridized carbons (Fsp3) is 0.125. The summed E-state index contributed by atoms with van der Waals surface area (Å²) < 4.78 is 29.3. The molecule has 0 radical (unpaired) electrons. The molecule has 0 aliphatic carbocycles. The lowest BCUT2D eigenvalue weighted by molar-refractivity contribution is -0.127. The second-order valence-electron chi connectivity index (χ2n) is 7.44. The zero-order chi connectivity index (χ0) is 23.7. The fourth-order valence-corrected chi connectivity index (χ4v) is 4.45. The van der Waals surface area contributed by atoms with Crippen LogP contribution in [0.1, 0.15) is 17.0 Å². The molecule has 33 heavy (non-hydrogen) atoms. The first kappa shape index (κ1) is 22.5. The Bertz CT molecular complexity index is 1320. The number of hydrogen-bond donors (Lipinski definition) is 1. The van der Waals surface area contributed by atoms with Crippen molar-refractivity contribution in [3.8, 4) is 5.69 Å². The number of anilines is 1. The van der Waals surface area contributed by atoms with Crippen LogP contribution in [0.3, 0.4) is 0 Å². The number of imide groups is 1. The Morgan fingerprint density at radius 1 is 1.06 bits per heavy atom. The van der Waals surface area contributed by atoms with Crippen LogP contribution >= 0.6 is 11.8 Å². The Hall–Kier alpha value is -3.72. The molecule has 1 N–H and O–H groups in total. The zero-order valence-electron chi connectivity index (χ0n) is 17.8. The van der Waals surface area contributed by atoms with Crippen molar-refractivity contribution < 1.29 is 23.2 Å². The van der Waals surface area contributed by atoms with Crippen LogP contribution in [0, 0.1) is 25.5 Å². The van der Waals surface area contributed by atoms with Gasteiger partial charge in [0.15, 0.2) is 0 Å². The van der Waals surface area contributed by atoms with Gasteiger partial charge in [-0.3, -0.25) is 19.3 Å². The highest BCUT2D eigenvalue weighted by Crippen LogP contribution is 2.34. The third-order valence-corrected chi connectivity index (χ3v) is 6.04. The van der Waals surface area contributed by atoms with E-state index in [4.69, 9.17) is 0 Å². The standard InChI is InChI=1S/C24H19F2N3O3S/c1-14-10-16(15(2)29(14)20-9-4-3-8-19(20)26)11-21-23(31)28(24(32)33-21)13-22(30)27-18-7-5-6-17(25)12-18/h3-12H,13H2,1-2H3,(H,27,30)/b21-11+. The van der Waals surface area contributed by atoms with Crippen LogP contribution in [0.5, 0.6) is 0 Å². The van der Waals surface area contributed by atoms with Crippen LogP contribution in [0.25, 0.3) is 11.8 Å². The number of aryl methyl sites for hydroxylation is 1. The first-order chi connectivity index (χ1) is 15.7. The molecule has 0 unspecified atom stereocenters. The van der Waals surface area contributed by atoms with Crippen molar-refractivity contribution in [1.82, 2.24) is 9.47 Å². The number of nitrogens with zero attached hydrogens (tertiary/aromatic N) is 2. The van der Waals surface area contributed by atoms with E-state index in [-0.39, 0.29) is 16.4 Å². The summed E-state index contributed by atoms with van der Waals surface area (Å²) in [5, 5.41) is 1.89. The maximum atomic E-state index is 14.3. The van der Waals surface area contributed by atoms with Gasteiger partial charge in [0.05, 0.1) is 10.6 Å². The summed E-state index contributed by atoms with van der Waals surface area (Å²) in [5.41, 5.74) is 2.73. The van der Waals surface area contributed by atoms with Crippen molar-refractivity contribution in [3.05, 3.63) is 88.1 Å². The van der Waals surface area contributed by atoms with Gasteiger partial charge >= 0.3 is 0 Å². The van der Waals surface area contributed by atoms with Crippen molar-refractivity contribution in [2.24, 2.45) is 0 Å². The molecule has 0 spiro atoms. The summed E-state index contributed by atoms with van der Waals surface area (Å²) in [6.07, 6.45) is 1.56. The predicted molar refractivity (Wildman–Crippen MR) is 123 cm³/mol. The average Bonchev–Trinajstić information content (AvgIpc) is 3.18. The maximum absolute atomic E-state index is 14.3. The Morgan fingerprint density at radius 2 is 1.82 bits per heavy atom. The molecule has 2 heterocycles. The second kappa shape index (κ2) is 9.03. The molecule has 168 valence electrons. The van der Waals surface area contributed by atoms with E-state index < -0.39 is 29.4 Å². The number of benzene rings is 2. The van der Waals surface area contributed by atoms with Gasteiger partial charge in [-0.1, -0.05) is 18.2 Å². The van der Waals surface area contributed by atoms with E-state index in [1.165, 1.54) is 24.3 Å². The highest BCUT2D eigenvalue weighted by atomic mass is 32.2. The number of thioether (sulfide) groups is 1. The molecule has 4 rings (SSSR count). The van der Waals surface area contributed by atoms with Crippen molar-refractivity contribution >= 4 is 40.6 Å². The first-order valence-electron chi connectivity index (χ1n) is 9.99. The lowest BCUT2D eigenvalue weighted by Crippen LogP contribution is -2.36. The molecule has 0 atom stereocenters. The average molecular weight is 467 g/mol. The Morgan fingerprint density at radius 3 is 2.55 bits per heavy atom. The largest absolute Gasteiger partial charge is 0.324 e. The van der Waals surface area contributed by atoms with Crippen LogP contribution < -0.4 is 5.32 Å². The third kappa shape index (κ3) is 4.58. The van der Waals surface area contributed by atoms with Gasteiger partial charge in [-0.05, 0) is 73.6 Å². The van der Waals surface area contributed by atoms with E-state index in [2.05, 4.69) is 5.32 Å². The number of nitrogens with one attached hydrogen (secondary N) is 1. The number of carbonyl (C=O) groups excluding carboxylic acids is 3. The number of carbonyl (C=O) groups is 3. The second-order valence-corrected chi connectivity index (χ2v) is 8.43. The normalized spacial score (nSPS) is 14.9. The number of aromatic nitrogens is 1. The smallest absolute Gasteiger partial charge is 0.294 e. The summed E-state index contributed by atoms with van der Waals surface area (Å²) in [5.74, 6) is -2.12. The molecular weight excluding hydrogens is 448 g/mol. The molecule has 1 saturated heterocycles. The maximum Gasteiger partial charge on any atom is 0.294 e. The highest BCUT2D eigenvalue weighted by molar-refractivity contribution is 8.18. The topological polar surface area (TPSA) is 71.4 Å². The van der Waals surface area contributed by atoms with Gasteiger partial charge in [0.25, 0.3) is 11.1 Å². The third-order valence-electron chi connectivity index (χ3n) is 5.13. The molecule has 1 aliphatic heterocycles. The van der Waals surface area contributed by atoms with Gasteiger partial charge in [0, 0.05) is 17.1 Å². The monoisotopic (exact) mass is 467 g/mol. The van der Waals surface area contributed by atoms with Crippen LogP contribution in [-0.2, 0) is 9.59 Å². The SMILES string of the molecule is Cc1cc(/C=C2/SC(=O)N(CC(=O)Nc3cccc(F)c3)C2=O)c(C)n1-c1ccccc1F. The number of amides is 3. The van der Waals surface area contributed by atoms with Gasteiger partial charge in [0.1, 0.15) is 18.2 Å². The van der Waals surface area contributed by atoms with E-state index in [0.717, 1.165) is 28.4 Å². The van der Waals surface area contributed by atoms with E-state index >= 15 is 0 Å². The van der Waals surface area contributed by atoms with Crippen LogP contribution in [0.15, 0.2) is 59.5 Å². The number of halogens is 2. The Balaban J connectivity index is 1.54. The van der Waals surface area contributed by atoms with Crippen molar-refractivity contribution in [2.45, 2.75) is 13.8 Å². The minimum atomic E-state index is -0.623. The van der Waals surface area contributed by atoms with Gasteiger partial charge < -0.3 is 9.88 Å². The van der Waals surface area contributed by atoms with Crippen molar-refractivity contribution in [2.75, 3.05) is 11.9 Å². The van der Waals surface area contributed by atoms with Crippen LogP contribution in [-0.4, -0.2) is 33.1 Å². The van der Waals surface area contributed by atoms with Crippen LogP contribution in [0.4, 0.5) is 19.3 Å². The Kier molecular flexibility index (Phi) is 6.15. The molecule has 3 amide bonds. The van der Waals surface area contributed by atoms with Crippen molar-refractivity contribution in [1.29, 1.82) is 0 Å². The minimum Gasteiger partial charge on any atom is -0.324 e. The Labute approximate surface area is 192 Å². The number of hydrogen-bond acceptors (Lipinski definition) is 4. The molecule has 1 aromatic heterocycles. The predicted octanol–water partition coefficient (Wildman–Crippen LogP) is 5.05. The number of para-hydroxylation sites is 1. The van der Waals surface area contributed by atoms with Gasteiger partial charge in [-0.2, -0.15) is 0 Å². The van der Waals surface area contributed by atoms with Gasteiger partial charge in [-0.25, -0.2) is 8.78 Å². The molecule has 1 aliphatic rings. The number of rotatable bonds is 5. The molecule has 1 fully saturated rings. The van der Waals surface area contributed by atoms with Crippen LogP contribution in [0.2, 0.25) is 0 Å². The molecule has 3 aromatic rings. The lowest BCUT2D eigenvalue weighted by atomic mass is 10.2.